The van der Waals surface area contributed by atoms with E-state index in [0.29, 0.717) is 44.8 Å². The molecule has 6 heteroatoms. The summed E-state index contributed by atoms with van der Waals surface area (Å²) in [5.41, 5.74) is 0. The van der Waals surface area contributed by atoms with Gasteiger partial charge in [-0.3, -0.25) is 14.4 Å². The number of nitrogens with one attached hydrogen (secondary N) is 2. The molecule has 2 amide bonds. The van der Waals surface area contributed by atoms with Gasteiger partial charge in [0.2, 0.25) is 11.8 Å². The Kier molecular flexibility index (Phi) is 11.1. The molecule has 0 aliphatic heterocycles. The Morgan fingerprint density at radius 3 is 2.32 bits per heavy atom. The van der Waals surface area contributed by atoms with Crippen molar-refractivity contribution in [1.29, 1.82) is 0 Å². The lowest BCUT2D eigenvalue weighted by Gasteiger charge is -2.28. The third-order valence-corrected chi connectivity index (χ3v) is 4.63. The van der Waals surface area contributed by atoms with Crippen LogP contribution in [0.2, 0.25) is 0 Å². The summed E-state index contributed by atoms with van der Waals surface area (Å²) < 4.78 is 5.44. The molecule has 0 aromatic rings. The molecular weight excluding hydrogens is 320 g/mol. The molecule has 0 heterocycles. The molecule has 1 fully saturated rings. The summed E-state index contributed by atoms with van der Waals surface area (Å²) in [6.45, 7) is 5.45. The highest BCUT2D eigenvalue weighted by Gasteiger charge is 2.25. The maximum absolute atomic E-state index is 11.9. The number of amides is 2. The van der Waals surface area contributed by atoms with E-state index < -0.39 is 0 Å². The smallest absolute Gasteiger partial charge is 0.222 e. The minimum absolute atomic E-state index is 0.0153. The number of rotatable bonds is 12. The molecule has 1 aliphatic carbocycles. The van der Waals surface area contributed by atoms with Crippen LogP contribution in [0.4, 0.5) is 0 Å². The van der Waals surface area contributed by atoms with E-state index in [1.807, 2.05) is 13.8 Å². The van der Waals surface area contributed by atoms with E-state index in [9.17, 15) is 14.4 Å². The fourth-order valence-corrected chi connectivity index (χ4v) is 3.13. The first-order valence-corrected chi connectivity index (χ1v) is 9.73. The lowest BCUT2D eigenvalue weighted by molar-refractivity contribution is -0.124. The summed E-state index contributed by atoms with van der Waals surface area (Å²) in [6, 6.07) is 0.196. The number of carbonyl (C=O) groups is 3. The van der Waals surface area contributed by atoms with Crippen LogP contribution in [0.25, 0.3) is 0 Å². The van der Waals surface area contributed by atoms with Gasteiger partial charge in [-0.25, -0.2) is 0 Å². The van der Waals surface area contributed by atoms with E-state index in [2.05, 4.69) is 10.6 Å². The van der Waals surface area contributed by atoms with Gasteiger partial charge in [-0.05, 0) is 38.5 Å². The van der Waals surface area contributed by atoms with Crippen molar-refractivity contribution in [3.05, 3.63) is 0 Å². The van der Waals surface area contributed by atoms with Crippen molar-refractivity contribution in [2.75, 3.05) is 19.8 Å². The SMILES string of the molecule is CCCC(=O)NCCCOCCC(=O)NC1CCC(C(=O)CC)CC1. The van der Waals surface area contributed by atoms with Gasteiger partial charge in [0.05, 0.1) is 6.61 Å². The summed E-state index contributed by atoms with van der Waals surface area (Å²) in [4.78, 5) is 34.9. The predicted molar refractivity (Wildman–Crippen MR) is 97.2 cm³/mol. The molecule has 0 unspecified atom stereocenters. The monoisotopic (exact) mass is 354 g/mol. The van der Waals surface area contributed by atoms with Gasteiger partial charge in [0.25, 0.3) is 0 Å². The highest BCUT2D eigenvalue weighted by Crippen LogP contribution is 2.25. The molecule has 2 N–H and O–H groups in total. The van der Waals surface area contributed by atoms with Crippen molar-refractivity contribution >= 4 is 17.6 Å². The Hall–Kier alpha value is -1.43. The minimum atomic E-state index is 0.0153. The van der Waals surface area contributed by atoms with Gasteiger partial charge in [0.15, 0.2) is 0 Å². The Bertz CT molecular complexity index is 418. The van der Waals surface area contributed by atoms with Crippen molar-refractivity contribution in [3.63, 3.8) is 0 Å². The molecule has 0 aromatic heterocycles. The van der Waals surface area contributed by atoms with Crippen LogP contribution in [0.5, 0.6) is 0 Å². The molecular formula is C19H34N2O4. The second-order valence-corrected chi connectivity index (χ2v) is 6.75. The van der Waals surface area contributed by atoms with Crippen LogP contribution >= 0.6 is 0 Å². The quantitative estimate of drug-likeness (QED) is 0.527. The molecule has 1 saturated carbocycles. The Morgan fingerprint density at radius 2 is 1.68 bits per heavy atom. The standard InChI is InChI=1S/C19H34N2O4/c1-3-6-18(23)20-12-5-13-25-14-11-19(24)21-16-9-7-15(8-10-16)17(22)4-2/h15-16H,3-14H2,1-2H3,(H,20,23)(H,21,24). The van der Waals surface area contributed by atoms with Crippen LogP contribution in [0, 0.1) is 5.92 Å². The maximum atomic E-state index is 11.9. The van der Waals surface area contributed by atoms with Crippen LogP contribution in [-0.2, 0) is 19.1 Å². The average molecular weight is 354 g/mol. The topological polar surface area (TPSA) is 84.5 Å². The molecule has 0 aromatic carbocycles. The Labute approximate surface area is 151 Å². The normalized spacial score (nSPS) is 20.1. The molecule has 0 atom stereocenters. The second-order valence-electron chi connectivity index (χ2n) is 6.75. The first-order chi connectivity index (χ1) is 12.1. The highest BCUT2D eigenvalue weighted by molar-refractivity contribution is 5.81. The number of hydrogen-bond acceptors (Lipinski definition) is 4. The molecule has 0 saturated heterocycles. The van der Waals surface area contributed by atoms with E-state index in [1.54, 1.807) is 0 Å². The lowest BCUT2D eigenvalue weighted by Crippen LogP contribution is -2.39. The molecule has 144 valence electrons. The van der Waals surface area contributed by atoms with Gasteiger partial charge in [-0.15, -0.1) is 0 Å². The first kappa shape index (κ1) is 21.6. The van der Waals surface area contributed by atoms with Crippen LogP contribution in [0.3, 0.4) is 0 Å². The fraction of sp³-hybridized carbons (Fsp3) is 0.842. The number of ketones is 1. The van der Waals surface area contributed by atoms with Crippen molar-refractivity contribution in [2.24, 2.45) is 5.92 Å². The Balaban J connectivity index is 1.99. The summed E-state index contributed by atoms with van der Waals surface area (Å²) in [5, 5.41) is 5.87. The third-order valence-electron chi connectivity index (χ3n) is 4.63. The minimum Gasteiger partial charge on any atom is -0.381 e. The average Bonchev–Trinajstić information content (AvgIpc) is 2.61. The molecule has 25 heavy (non-hydrogen) atoms. The number of Topliss-reactive ketones (excluding diaryl/α,β-unsaturated/α-hetero) is 1. The van der Waals surface area contributed by atoms with Gasteiger partial charge in [0.1, 0.15) is 5.78 Å². The third kappa shape index (κ3) is 9.58. The zero-order valence-corrected chi connectivity index (χ0v) is 15.8. The zero-order chi connectivity index (χ0) is 18.5. The second kappa shape index (κ2) is 12.9. The van der Waals surface area contributed by atoms with Gasteiger partial charge >= 0.3 is 0 Å². The molecule has 1 aliphatic rings. The summed E-state index contributed by atoms with van der Waals surface area (Å²) in [6.07, 6.45) is 6.70. The molecule has 0 spiro atoms. The van der Waals surface area contributed by atoms with Crippen molar-refractivity contribution in [2.45, 2.75) is 77.7 Å². The van der Waals surface area contributed by atoms with Gasteiger partial charge in [0, 0.05) is 44.4 Å². The number of ether oxygens (including phenoxy) is 1. The highest BCUT2D eigenvalue weighted by atomic mass is 16.5. The van der Waals surface area contributed by atoms with E-state index in [0.717, 1.165) is 38.5 Å². The van der Waals surface area contributed by atoms with Crippen molar-refractivity contribution in [1.82, 2.24) is 10.6 Å². The molecule has 1 rings (SSSR count). The van der Waals surface area contributed by atoms with Crippen molar-refractivity contribution in [3.8, 4) is 0 Å². The van der Waals surface area contributed by atoms with E-state index in [1.165, 1.54) is 0 Å². The van der Waals surface area contributed by atoms with E-state index >= 15 is 0 Å². The van der Waals surface area contributed by atoms with Gasteiger partial charge in [-0.1, -0.05) is 13.8 Å². The maximum Gasteiger partial charge on any atom is 0.222 e. The summed E-state index contributed by atoms with van der Waals surface area (Å²) >= 11 is 0. The molecule has 6 nitrogen and oxygen atoms in total. The molecule has 0 radical (unpaired) electrons. The summed E-state index contributed by atoms with van der Waals surface area (Å²) in [5.74, 6) is 0.641. The van der Waals surface area contributed by atoms with Crippen LogP contribution < -0.4 is 10.6 Å². The largest absolute Gasteiger partial charge is 0.381 e. The van der Waals surface area contributed by atoms with Crippen LogP contribution in [-0.4, -0.2) is 43.4 Å². The van der Waals surface area contributed by atoms with Gasteiger partial charge < -0.3 is 15.4 Å². The predicted octanol–water partition coefficient (Wildman–Crippen LogP) is 2.35. The first-order valence-electron chi connectivity index (χ1n) is 9.73. The van der Waals surface area contributed by atoms with Crippen LogP contribution in [0.1, 0.15) is 71.6 Å². The van der Waals surface area contributed by atoms with E-state index in [4.69, 9.17) is 4.74 Å². The zero-order valence-electron chi connectivity index (χ0n) is 15.8. The lowest BCUT2D eigenvalue weighted by atomic mass is 9.83. The Morgan fingerprint density at radius 1 is 0.960 bits per heavy atom. The molecule has 0 bridgehead atoms. The number of carbonyl (C=O) groups excluding carboxylic acids is 3. The van der Waals surface area contributed by atoms with Gasteiger partial charge in [-0.2, -0.15) is 0 Å². The fourth-order valence-electron chi connectivity index (χ4n) is 3.13. The van der Waals surface area contributed by atoms with Crippen LogP contribution in [0.15, 0.2) is 0 Å². The summed E-state index contributed by atoms with van der Waals surface area (Å²) in [7, 11) is 0. The van der Waals surface area contributed by atoms with Crippen molar-refractivity contribution < 1.29 is 19.1 Å². The number of hydrogen-bond donors (Lipinski definition) is 2. The van der Waals surface area contributed by atoms with E-state index in [-0.39, 0.29) is 23.8 Å².